The lowest BCUT2D eigenvalue weighted by Gasteiger charge is -2.26. The number of hydrogen-bond acceptors (Lipinski definition) is 4. The fourth-order valence-corrected chi connectivity index (χ4v) is 5.54. The molecule has 1 heterocycles. The Hall–Kier alpha value is -1.56. The van der Waals surface area contributed by atoms with Crippen LogP contribution in [0.25, 0.3) is 0 Å². The Bertz CT molecular complexity index is 660. The predicted molar refractivity (Wildman–Crippen MR) is 74.8 cm³/mol. The summed E-state index contributed by atoms with van der Waals surface area (Å²) < 4.78 is 25.2. The summed E-state index contributed by atoms with van der Waals surface area (Å²) in [7, 11) is -3.45. The van der Waals surface area contributed by atoms with Crippen molar-refractivity contribution < 1.29 is 18.3 Å². The first kappa shape index (κ1) is 13.4. The zero-order valence-electron chi connectivity index (χ0n) is 11.1. The molecule has 1 saturated carbocycles. The largest absolute Gasteiger partial charge is 0.478 e. The second kappa shape index (κ2) is 4.48. The topological polar surface area (TPSA) is 83.5 Å². The van der Waals surface area contributed by atoms with Crippen LogP contribution in [0.2, 0.25) is 0 Å². The zero-order valence-corrected chi connectivity index (χ0v) is 11.9. The van der Waals surface area contributed by atoms with E-state index in [1.807, 2.05) is 0 Å². The third-order valence-corrected chi connectivity index (χ3v) is 6.40. The van der Waals surface area contributed by atoms with Crippen molar-refractivity contribution in [1.82, 2.24) is 0 Å². The molecule has 2 aliphatic rings. The van der Waals surface area contributed by atoms with E-state index < -0.39 is 15.8 Å². The number of nitrogens with one attached hydrogen (secondary N) is 1. The minimum atomic E-state index is -3.45. The standard InChI is InChI=1S/C14H17NO4S/c16-13(17)10-4-3-5-11-12(10)15-8-14(6-1-2-7-14)9-20(11,18)19/h3-5,15H,1-2,6-9H2,(H,16,17). The highest BCUT2D eigenvalue weighted by Gasteiger charge is 2.42. The van der Waals surface area contributed by atoms with E-state index in [-0.39, 0.29) is 27.3 Å². The lowest BCUT2D eigenvalue weighted by Crippen LogP contribution is -2.31. The highest BCUT2D eigenvalue weighted by atomic mass is 32.2. The number of fused-ring (bicyclic) bond motifs is 1. The molecule has 0 bridgehead atoms. The molecule has 0 radical (unpaired) electrons. The molecule has 1 fully saturated rings. The smallest absolute Gasteiger partial charge is 0.337 e. The van der Waals surface area contributed by atoms with E-state index in [1.165, 1.54) is 18.2 Å². The molecule has 1 spiro atoms. The maximum absolute atomic E-state index is 12.6. The quantitative estimate of drug-likeness (QED) is 0.829. The van der Waals surface area contributed by atoms with Crippen LogP contribution in [-0.2, 0) is 9.84 Å². The van der Waals surface area contributed by atoms with Crippen LogP contribution in [0.3, 0.4) is 0 Å². The molecule has 6 heteroatoms. The molecule has 0 aromatic heterocycles. The Morgan fingerprint density at radius 3 is 2.60 bits per heavy atom. The second-order valence-electron chi connectivity index (χ2n) is 5.80. The van der Waals surface area contributed by atoms with Crippen molar-refractivity contribution in [3.05, 3.63) is 23.8 Å². The number of carbonyl (C=O) groups is 1. The second-order valence-corrected chi connectivity index (χ2v) is 7.76. The molecule has 0 amide bonds. The van der Waals surface area contributed by atoms with E-state index in [2.05, 4.69) is 5.32 Å². The van der Waals surface area contributed by atoms with E-state index in [0.29, 0.717) is 6.54 Å². The van der Waals surface area contributed by atoms with Crippen molar-refractivity contribution in [2.45, 2.75) is 30.6 Å². The van der Waals surface area contributed by atoms with Gasteiger partial charge in [-0.05, 0) is 25.0 Å². The van der Waals surface area contributed by atoms with E-state index in [0.717, 1.165) is 25.7 Å². The van der Waals surface area contributed by atoms with Gasteiger partial charge in [0.25, 0.3) is 0 Å². The van der Waals surface area contributed by atoms with Crippen molar-refractivity contribution in [2.75, 3.05) is 17.6 Å². The van der Waals surface area contributed by atoms with Gasteiger partial charge in [-0.3, -0.25) is 0 Å². The summed E-state index contributed by atoms with van der Waals surface area (Å²) >= 11 is 0. The molecular formula is C14H17NO4S. The highest BCUT2D eigenvalue weighted by Crippen LogP contribution is 2.44. The summed E-state index contributed by atoms with van der Waals surface area (Å²) in [6, 6.07) is 4.43. The first-order valence-corrected chi connectivity index (χ1v) is 8.42. The first-order valence-electron chi connectivity index (χ1n) is 6.77. The summed E-state index contributed by atoms with van der Waals surface area (Å²) in [5.74, 6) is -0.991. The SMILES string of the molecule is O=C(O)c1cccc2c1NCC1(CCCC1)CS2(=O)=O. The minimum Gasteiger partial charge on any atom is -0.478 e. The third-order valence-electron chi connectivity index (χ3n) is 4.39. The average molecular weight is 295 g/mol. The fourth-order valence-electron chi connectivity index (χ4n) is 3.40. The summed E-state index contributed by atoms with van der Waals surface area (Å²) in [6.07, 6.45) is 3.85. The Morgan fingerprint density at radius 1 is 1.25 bits per heavy atom. The van der Waals surface area contributed by atoms with E-state index in [1.54, 1.807) is 0 Å². The Morgan fingerprint density at radius 2 is 1.95 bits per heavy atom. The van der Waals surface area contributed by atoms with Crippen LogP contribution in [0, 0.1) is 5.41 Å². The van der Waals surface area contributed by atoms with Crippen molar-refractivity contribution in [1.29, 1.82) is 0 Å². The van der Waals surface area contributed by atoms with Crippen molar-refractivity contribution in [3.63, 3.8) is 0 Å². The van der Waals surface area contributed by atoms with Crippen LogP contribution in [0.15, 0.2) is 23.1 Å². The highest BCUT2D eigenvalue weighted by molar-refractivity contribution is 7.91. The molecular weight excluding hydrogens is 278 g/mol. The summed E-state index contributed by atoms with van der Waals surface area (Å²) in [5, 5.41) is 12.3. The van der Waals surface area contributed by atoms with Gasteiger partial charge in [-0.25, -0.2) is 13.2 Å². The van der Waals surface area contributed by atoms with Gasteiger partial charge in [-0.15, -0.1) is 0 Å². The van der Waals surface area contributed by atoms with Crippen molar-refractivity contribution >= 4 is 21.5 Å². The molecule has 5 nitrogen and oxygen atoms in total. The fraction of sp³-hybridized carbons (Fsp3) is 0.500. The zero-order chi connectivity index (χ0) is 14.4. The maximum atomic E-state index is 12.6. The van der Waals surface area contributed by atoms with E-state index in [4.69, 9.17) is 0 Å². The normalized spacial score (nSPS) is 22.8. The van der Waals surface area contributed by atoms with Gasteiger partial charge >= 0.3 is 5.97 Å². The average Bonchev–Trinajstić information content (AvgIpc) is 2.79. The number of hydrogen-bond donors (Lipinski definition) is 2. The molecule has 1 aromatic carbocycles. The van der Waals surface area contributed by atoms with Crippen LogP contribution in [-0.4, -0.2) is 31.8 Å². The van der Waals surface area contributed by atoms with Crippen molar-refractivity contribution in [2.24, 2.45) is 5.41 Å². The molecule has 0 atom stereocenters. The molecule has 0 unspecified atom stereocenters. The van der Waals surface area contributed by atoms with Gasteiger partial charge in [0.2, 0.25) is 0 Å². The third kappa shape index (κ3) is 2.08. The number of rotatable bonds is 1. The first-order chi connectivity index (χ1) is 9.44. The van der Waals surface area contributed by atoms with Crippen LogP contribution >= 0.6 is 0 Å². The Labute approximate surface area is 117 Å². The summed E-state index contributed by atoms with van der Waals surface area (Å²) in [5.41, 5.74) is 0.0399. The predicted octanol–water partition coefficient (Wildman–Crippen LogP) is 2.14. The number of carboxylic acids is 1. The molecule has 3 rings (SSSR count). The van der Waals surface area contributed by atoms with Gasteiger partial charge in [0, 0.05) is 12.0 Å². The molecule has 1 aliphatic carbocycles. The van der Waals surface area contributed by atoms with Gasteiger partial charge in [-0.2, -0.15) is 0 Å². The molecule has 0 saturated heterocycles. The number of carboxylic acid groups (broad SMARTS) is 1. The Kier molecular flexibility index (Phi) is 3.01. The van der Waals surface area contributed by atoms with Crippen molar-refractivity contribution in [3.8, 4) is 0 Å². The lowest BCUT2D eigenvalue weighted by atomic mass is 9.88. The molecule has 1 aromatic rings. The lowest BCUT2D eigenvalue weighted by molar-refractivity contribution is 0.0697. The van der Waals surface area contributed by atoms with Crippen LogP contribution < -0.4 is 5.32 Å². The summed E-state index contributed by atoms with van der Waals surface area (Å²) in [6.45, 7) is 0.531. The number of para-hydroxylation sites is 1. The molecule has 108 valence electrons. The maximum Gasteiger partial charge on any atom is 0.337 e. The Balaban J connectivity index is 2.14. The van der Waals surface area contributed by atoms with Gasteiger partial charge in [-0.1, -0.05) is 18.9 Å². The van der Waals surface area contributed by atoms with Crippen LogP contribution in [0.5, 0.6) is 0 Å². The van der Waals surface area contributed by atoms with Crippen LogP contribution in [0.4, 0.5) is 5.69 Å². The number of sulfone groups is 1. The number of anilines is 1. The van der Waals surface area contributed by atoms with Gasteiger partial charge in [0.1, 0.15) is 0 Å². The van der Waals surface area contributed by atoms with Gasteiger partial charge < -0.3 is 10.4 Å². The van der Waals surface area contributed by atoms with Gasteiger partial charge in [0.15, 0.2) is 9.84 Å². The monoisotopic (exact) mass is 295 g/mol. The number of aromatic carboxylic acids is 1. The minimum absolute atomic E-state index is 0.0288. The molecule has 2 N–H and O–H groups in total. The van der Waals surface area contributed by atoms with E-state index in [9.17, 15) is 18.3 Å². The van der Waals surface area contributed by atoms with E-state index >= 15 is 0 Å². The molecule has 1 aliphatic heterocycles. The summed E-state index contributed by atoms with van der Waals surface area (Å²) in [4.78, 5) is 11.4. The molecule has 20 heavy (non-hydrogen) atoms. The van der Waals surface area contributed by atoms with Crippen LogP contribution in [0.1, 0.15) is 36.0 Å². The number of benzene rings is 1. The van der Waals surface area contributed by atoms with Gasteiger partial charge in [0.05, 0.1) is 21.9 Å².